The van der Waals surface area contributed by atoms with E-state index >= 15 is 0 Å². The minimum absolute atomic E-state index is 0.00510. The van der Waals surface area contributed by atoms with Gasteiger partial charge in [-0.15, -0.1) is 0 Å². The molecular weight excluding hydrogens is 268 g/mol. The molecule has 0 saturated heterocycles. The van der Waals surface area contributed by atoms with Crippen molar-refractivity contribution in [1.29, 1.82) is 0 Å². The summed E-state index contributed by atoms with van der Waals surface area (Å²) in [6.07, 6.45) is 4.54. The second kappa shape index (κ2) is 5.52. The van der Waals surface area contributed by atoms with Crippen molar-refractivity contribution in [2.45, 2.75) is 25.8 Å². The van der Waals surface area contributed by atoms with Crippen molar-refractivity contribution < 1.29 is 9.53 Å². The van der Waals surface area contributed by atoms with Crippen molar-refractivity contribution in [1.82, 2.24) is 9.55 Å². The summed E-state index contributed by atoms with van der Waals surface area (Å²) in [4.78, 5) is 27.7. The Morgan fingerprint density at radius 3 is 2.86 bits per heavy atom. The van der Waals surface area contributed by atoms with Gasteiger partial charge in [0.15, 0.2) is 0 Å². The molecule has 0 saturated carbocycles. The van der Waals surface area contributed by atoms with Crippen LogP contribution in [0.25, 0.3) is 0 Å². The average Bonchev–Trinajstić information content (AvgIpc) is 2.99. The molecule has 108 valence electrons. The first-order chi connectivity index (χ1) is 10.2. The van der Waals surface area contributed by atoms with Crippen LogP contribution in [0.5, 0.6) is 0 Å². The monoisotopic (exact) mass is 284 g/mol. The molecular formula is C16H16N2O3. The molecule has 0 N–H and O–H groups in total. The molecule has 0 amide bonds. The van der Waals surface area contributed by atoms with Crippen LogP contribution in [0, 0.1) is 0 Å². The Hall–Kier alpha value is -2.43. The molecule has 0 bridgehead atoms. The van der Waals surface area contributed by atoms with E-state index in [1.54, 1.807) is 22.8 Å². The fourth-order valence-corrected chi connectivity index (χ4v) is 2.73. The van der Waals surface area contributed by atoms with Gasteiger partial charge in [-0.1, -0.05) is 6.07 Å². The van der Waals surface area contributed by atoms with Crippen molar-refractivity contribution in [2.24, 2.45) is 0 Å². The summed E-state index contributed by atoms with van der Waals surface area (Å²) in [7, 11) is 1.34. The molecule has 0 unspecified atom stereocenters. The van der Waals surface area contributed by atoms with Gasteiger partial charge < -0.3 is 9.30 Å². The van der Waals surface area contributed by atoms with E-state index in [1.165, 1.54) is 18.9 Å². The molecule has 5 heteroatoms. The molecule has 21 heavy (non-hydrogen) atoms. The van der Waals surface area contributed by atoms with Gasteiger partial charge >= 0.3 is 5.97 Å². The van der Waals surface area contributed by atoms with Gasteiger partial charge in [-0.05, 0) is 37.0 Å². The van der Waals surface area contributed by atoms with Crippen LogP contribution < -0.4 is 5.56 Å². The lowest BCUT2D eigenvalue weighted by Gasteiger charge is -2.11. The number of rotatable bonds is 3. The Labute approximate surface area is 122 Å². The quantitative estimate of drug-likeness (QED) is 0.803. The van der Waals surface area contributed by atoms with Crippen LogP contribution in [0.2, 0.25) is 0 Å². The highest BCUT2D eigenvalue weighted by Gasteiger charge is 2.16. The van der Waals surface area contributed by atoms with Crippen LogP contribution in [-0.4, -0.2) is 22.6 Å². The largest absolute Gasteiger partial charge is 0.465 e. The number of hydrogen-bond acceptors (Lipinski definition) is 4. The Kier molecular flexibility index (Phi) is 3.56. The molecule has 0 fully saturated rings. The van der Waals surface area contributed by atoms with Gasteiger partial charge in [0.2, 0.25) is 0 Å². The molecule has 0 radical (unpaired) electrons. The van der Waals surface area contributed by atoms with Gasteiger partial charge in [-0.2, -0.15) is 0 Å². The predicted molar refractivity (Wildman–Crippen MR) is 77.4 cm³/mol. The number of carbonyl (C=O) groups excluding carboxylic acids is 1. The molecule has 2 aromatic rings. The van der Waals surface area contributed by atoms with Crippen LogP contribution in [0.15, 0.2) is 35.3 Å². The molecule has 2 aromatic heterocycles. The number of nitrogens with zero attached hydrogens (tertiary/aromatic N) is 2. The van der Waals surface area contributed by atoms with Crippen molar-refractivity contribution in [3.05, 3.63) is 63.3 Å². The van der Waals surface area contributed by atoms with Crippen LogP contribution in [0.4, 0.5) is 0 Å². The maximum absolute atomic E-state index is 12.1. The standard InChI is InChI=1S/C16H16N2O3/c1-21-16(20)12-5-7-13(17-9-12)10-18-14-4-2-3-11(14)6-8-15(18)19/h5-9H,2-4,10H2,1H3. The first-order valence-electron chi connectivity index (χ1n) is 6.94. The number of ether oxygens (including phenoxy) is 1. The molecule has 2 heterocycles. The Balaban J connectivity index is 1.89. The lowest BCUT2D eigenvalue weighted by atomic mass is 10.2. The topological polar surface area (TPSA) is 61.2 Å². The minimum atomic E-state index is -0.410. The summed E-state index contributed by atoms with van der Waals surface area (Å²) >= 11 is 0. The first-order valence-corrected chi connectivity index (χ1v) is 6.94. The lowest BCUT2D eigenvalue weighted by Crippen LogP contribution is -2.23. The molecule has 5 nitrogen and oxygen atoms in total. The highest BCUT2D eigenvalue weighted by Crippen LogP contribution is 2.20. The number of hydrogen-bond donors (Lipinski definition) is 0. The molecule has 0 atom stereocenters. The SMILES string of the molecule is COC(=O)c1ccc(Cn2c3c(ccc2=O)CCC3)nc1. The van der Waals surface area contributed by atoms with Gasteiger partial charge in [0.05, 0.1) is 24.9 Å². The van der Waals surface area contributed by atoms with Crippen molar-refractivity contribution in [3.8, 4) is 0 Å². The summed E-state index contributed by atoms with van der Waals surface area (Å²) in [6.45, 7) is 0.434. The maximum atomic E-state index is 12.1. The van der Waals surface area contributed by atoms with Crippen molar-refractivity contribution in [2.75, 3.05) is 7.11 Å². The van der Waals surface area contributed by atoms with E-state index in [-0.39, 0.29) is 5.56 Å². The van der Waals surface area contributed by atoms with Crippen LogP contribution in [-0.2, 0) is 24.1 Å². The van der Waals surface area contributed by atoms with Crippen LogP contribution in [0.3, 0.4) is 0 Å². The van der Waals surface area contributed by atoms with Crippen molar-refractivity contribution in [3.63, 3.8) is 0 Å². The highest BCUT2D eigenvalue weighted by molar-refractivity contribution is 5.88. The number of fused-ring (bicyclic) bond motifs is 1. The Bertz CT molecular complexity index is 732. The molecule has 1 aliphatic rings. The summed E-state index contributed by atoms with van der Waals surface area (Å²) in [5.74, 6) is -0.410. The number of aromatic nitrogens is 2. The normalized spacial score (nSPS) is 13.0. The van der Waals surface area contributed by atoms with E-state index in [9.17, 15) is 9.59 Å². The molecule has 0 aromatic carbocycles. The molecule has 0 spiro atoms. The molecule has 0 aliphatic heterocycles. The third-order valence-electron chi connectivity index (χ3n) is 3.82. The molecule has 1 aliphatic carbocycles. The Morgan fingerprint density at radius 1 is 1.29 bits per heavy atom. The minimum Gasteiger partial charge on any atom is -0.465 e. The van der Waals surface area contributed by atoms with Gasteiger partial charge in [0.1, 0.15) is 0 Å². The third-order valence-corrected chi connectivity index (χ3v) is 3.82. The second-order valence-electron chi connectivity index (χ2n) is 5.11. The second-order valence-corrected chi connectivity index (χ2v) is 5.11. The number of methoxy groups -OCH3 is 1. The van der Waals surface area contributed by atoms with E-state index in [2.05, 4.69) is 9.72 Å². The summed E-state index contributed by atoms with van der Waals surface area (Å²) in [5, 5.41) is 0. The van der Waals surface area contributed by atoms with Crippen LogP contribution >= 0.6 is 0 Å². The van der Waals surface area contributed by atoms with Gasteiger partial charge in [-0.3, -0.25) is 9.78 Å². The number of pyridine rings is 2. The smallest absolute Gasteiger partial charge is 0.339 e. The van der Waals surface area contributed by atoms with E-state index in [0.29, 0.717) is 12.1 Å². The number of aryl methyl sites for hydroxylation is 1. The van der Waals surface area contributed by atoms with E-state index < -0.39 is 5.97 Å². The highest BCUT2D eigenvalue weighted by atomic mass is 16.5. The fraction of sp³-hybridized carbons (Fsp3) is 0.312. The maximum Gasteiger partial charge on any atom is 0.339 e. The van der Waals surface area contributed by atoms with Gasteiger partial charge in [-0.25, -0.2) is 4.79 Å². The van der Waals surface area contributed by atoms with Crippen LogP contribution in [0.1, 0.15) is 33.7 Å². The third kappa shape index (κ3) is 2.59. The summed E-state index contributed by atoms with van der Waals surface area (Å²) < 4.78 is 6.42. The zero-order chi connectivity index (χ0) is 14.8. The Morgan fingerprint density at radius 2 is 2.14 bits per heavy atom. The van der Waals surface area contributed by atoms with Gasteiger partial charge in [0.25, 0.3) is 5.56 Å². The molecule has 3 rings (SSSR count). The summed E-state index contributed by atoms with van der Waals surface area (Å²) in [6, 6.07) is 6.97. The zero-order valence-electron chi connectivity index (χ0n) is 11.8. The van der Waals surface area contributed by atoms with E-state index in [1.807, 2.05) is 6.07 Å². The van der Waals surface area contributed by atoms with E-state index in [0.717, 1.165) is 30.7 Å². The summed E-state index contributed by atoms with van der Waals surface area (Å²) in [5.41, 5.74) is 3.52. The van der Waals surface area contributed by atoms with E-state index in [4.69, 9.17) is 0 Å². The van der Waals surface area contributed by atoms with Crippen molar-refractivity contribution >= 4 is 5.97 Å². The fourth-order valence-electron chi connectivity index (χ4n) is 2.73. The zero-order valence-corrected chi connectivity index (χ0v) is 11.8. The predicted octanol–water partition coefficient (Wildman–Crippen LogP) is 1.57. The number of esters is 1. The average molecular weight is 284 g/mol. The van der Waals surface area contributed by atoms with Gasteiger partial charge in [0, 0.05) is 18.0 Å². The lowest BCUT2D eigenvalue weighted by molar-refractivity contribution is 0.0600. The first kappa shape index (κ1) is 13.5. The number of carbonyl (C=O) groups is 1.